The lowest BCUT2D eigenvalue weighted by atomic mass is 10.3. The summed E-state index contributed by atoms with van der Waals surface area (Å²) in [4.78, 5) is 3.98. The Balaban J connectivity index is 2.40. The van der Waals surface area contributed by atoms with Gasteiger partial charge in [0.05, 0.1) is 12.0 Å². The van der Waals surface area contributed by atoms with Gasteiger partial charge in [-0.2, -0.15) is 0 Å². The topological polar surface area (TPSA) is 43.8 Å². The van der Waals surface area contributed by atoms with Crippen molar-refractivity contribution in [2.45, 2.75) is 6.54 Å². The molecule has 0 aliphatic rings. The van der Waals surface area contributed by atoms with Crippen molar-refractivity contribution in [3.63, 3.8) is 0 Å². The van der Waals surface area contributed by atoms with E-state index in [1.54, 1.807) is 10.8 Å². The van der Waals surface area contributed by atoms with Crippen LogP contribution in [-0.2, 0) is 6.54 Å². The summed E-state index contributed by atoms with van der Waals surface area (Å²) in [6, 6.07) is 3.66. The molecule has 15 heavy (non-hydrogen) atoms. The Morgan fingerprint density at radius 1 is 1.27 bits per heavy atom. The maximum absolute atomic E-state index is 12.9. The van der Waals surface area contributed by atoms with E-state index in [0.717, 1.165) is 12.1 Å². The Morgan fingerprint density at radius 2 is 2.07 bits per heavy atom. The van der Waals surface area contributed by atoms with Crippen LogP contribution in [0.25, 0.3) is 5.69 Å². The Labute approximate surface area is 85.2 Å². The van der Waals surface area contributed by atoms with E-state index in [1.165, 1.54) is 12.4 Å². The first-order valence-corrected chi connectivity index (χ1v) is 4.39. The van der Waals surface area contributed by atoms with Crippen LogP contribution in [0.4, 0.5) is 8.78 Å². The minimum atomic E-state index is -0.879. The number of hydrogen-bond donors (Lipinski definition) is 1. The Kier molecular flexibility index (Phi) is 2.47. The highest BCUT2D eigenvalue weighted by Gasteiger charge is 2.04. The summed E-state index contributed by atoms with van der Waals surface area (Å²) in [5.41, 5.74) is 6.59. The van der Waals surface area contributed by atoms with Crippen LogP contribution in [0.2, 0.25) is 0 Å². The number of benzene rings is 1. The van der Waals surface area contributed by atoms with Gasteiger partial charge in [-0.05, 0) is 12.1 Å². The molecule has 5 heteroatoms. The highest BCUT2D eigenvalue weighted by molar-refractivity contribution is 5.33. The van der Waals surface area contributed by atoms with Crippen molar-refractivity contribution in [1.29, 1.82) is 0 Å². The molecule has 0 fully saturated rings. The zero-order chi connectivity index (χ0) is 10.8. The minimum Gasteiger partial charge on any atom is -0.325 e. The van der Waals surface area contributed by atoms with Crippen LogP contribution in [0, 0.1) is 11.6 Å². The van der Waals surface area contributed by atoms with E-state index in [9.17, 15) is 8.78 Å². The maximum Gasteiger partial charge on any atom is 0.160 e. The van der Waals surface area contributed by atoms with Crippen molar-refractivity contribution >= 4 is 0 Å². The van der Waals surface area contributed by atoms with Crippen molar-refractivity contribution in [3.8, 4) is 5.69 Å². The first-order chi connectivity index (χ1) is 7.20. The normalized spacial score (nSPS) is 10.6. The number of aromatic nitrogens is 2. The second-order valence-electron chi connectivity index (χ2n) is 3.07. The molecule has 3 nitrogen and oxygen atoms in total. The zero-order valence-corrected chi connectivity index (χ0v) is 7.82. The van der Waals surface area contributed by atoms with E-state index < -0.39 is 11.6 Å². The number of nitrogens with two attached hydrogens (primary N) is 1. The van der Waals surface area contributed by atoms with E-state index in [-0.39, 0.29) is 0 Å². The Hall–Kier alpha value is -1.75. The van der Waals surface area contributed by atoms with Gasteiger partial charge in [-0.15, -0.1) is 0 Å². The largest absolute Gasteiger partial charge is 0.325 e. The van der Waals surface area contributed by atoms with Crippen LogP contribution in [0.5, 0.6) is 0 Å². The van der Waals surface area contributed by atoms with Crippen LogP contribution >= 0.6 is 0 Å². The molecule has 78 valence electrons. The second kappa shape index (κ2) is 3.78. The zero-order valence-electron chi connectivity index (χ0n) is 7.82. The fraction of sp³-hybridized carbons (Fsp3) is 0.100. The van der Waals surface area contributed by atoms with Gasteiger partial charge in [0, 0.05) is 24.5 Å². The first-order valence-electron chi connectivity index (χ1n) is 4.39. The molecular weight excluding hydrogens is 200 g/mol. The Bertz CT molecular complexity index is 479. The number of halogens is 2. The van der Waals surface area contributed by atoms with Gasteiger partial charge in [0.15, 0.2) is 11.6 Å². The summed E-state index contributed by atoms with van der Waals surface area (Å²) in [7, 11) is 0. The van der Waals surface area contributed by atoms with E-state index in [2.05, 4.69) is 4.98 Å². The third kappa shape index (κ3) is 1.87. The molecule has 0 radical (unpaired) electrons. The van der Waals surface area contributed by atoms with Gasteiger partial charge in [0.25, 0.3) is 0 Å². The van der Waals surface area contributed by atoms with Gasteiger partial charge in [-0.25, -0.2) is 13.8 Å². The predicted molar refractivity (Wildman–Crippen MR) is 51.4 cm³/mol. The average molecular weight is 209 g/mol. The van der Waals surface area contributed by atoms with Crippen LogP contribution < -0.4 is 5.73 Å². The SMILES string of the molecule is NCc1cn(-c2ccc(F)c(F)c2)cn1. The van der Waals surface area contributed by atoms with Crippen molar-refractivity contribution in [2.75, 3.05) is 0 Å². The molecule has 1 aromatic heterocycles. The molecule has 0 aliphatic carbocycles. The fourth-order valence-electron chi connectivity index (χ4n) is 1.26. The molecule has 0 unspecified atom stereocenters. The third-order valence-electron chi connectivity index (χ3n) is 2.05. The molecule has 2 aromatic rings. The summed E-state index contributed by atoms with van der Waals surface area (Å²) >= 11 is 0. The molecule has 0 spiro atoms. The monoisotopic (exact) mass is 209 g/mol. The van der Waals surface area contributed by atoms with Crippen LogP contribution in [0.15, 0.2) is 30.7 Å². The summed E-state index contributed by atoms with van der Waals surface area (Å²) in [5, 5.41) is 0. The molecule has 2 N–H and O–H groups in total. The molecule has 0 atom stereocenters. The number of rotatable bonds is 2. The lowest BCUT2D eigenvalue weighted by molar-refractivity contribution is 0.508. The Morgan fingerprint density at radius 3 is 2.67 bits per heavy atom. The van der Waals surface area contributed by atoms with E-state index in [1.807, 2.05) is 0 Å². The average Bonchev–Trinajstić information content (AvgIpc) is 2.70. The highest BCUT2D eigenvalue weighted by atomic mass is 19.2. The van der Waals surface area contributed by atoms with E-state index >= 15 is 0 Å². The van der Waals surface area contributed by atoms with Gasteiger partial charge >= 0.3 is 0 Å². The number of nitrogens with zero attached hydrogens (tertiary/aromatic N) is 2. The summed E-state index contributed by atoms with van der Waals surface area (Å²) in [5.74, 6) is -1.74. The molecule has 0 amide bonds. The number of hydrogen-bond acceptors (Lipinski definition) is 2. The van der Waals surface area contributed by atoms with Gasteiger partial charge in [0.2, 0.25) is 0 Å². The van der Waals surface area contributed by atoms with E-state index in [0.29, 0.717) is 17.9 Å². The molecular formula is C10H9F2N3. The molecule has 0 saturated carbocycles. The number of imidazole rings is 1. The van der Waals surface area contributed by atoms with Gasteiger partial charge in [0.1, 0.15) is 0 Å². The van der Waals surface area contributed by atoms with Crippen LogP contribution in [-0.4, -0.2) is 9.55 Å². The van der Waals surface area contributed by atoms with Gasteiger partial charge in [-0.1, -0.05) is 0 Å². The van der Waals surface area contributed by atoms with Gasteiger partial charge in [-0.3, -0.25) is 0 Å². The summed E-state index contributed by atoms with van der Waals surface area (Å²) in [6.07, 6.45) is 3.18. The van der Waals surface area contributed by atoms with Crippen molar-refractivity contribution in [2.24, 2.45) is 5.73 Å². The molecule has 0 bridgehead atoms. The van der Waals surface area contributed by atoms with E-state index in [4.69, 9.17) is 5.73 Å². The standard InChI is InChI=1S/C10H9F2N3/c11-9-2-1-8(3-10(9)12)15-5-7(4-13)14-6-15/h1-3,5-6H,4,13H2. The summed E-state index contributed by atoms with van der Waals surface area (Å²) in [6.45, 7) is 0.316. The van der Waals surface area contributed by atoms with Crippen LogP contribution in [0.3, 0.4) is 0 Å². The van der Waals surface area contributed by atoms with Crippen LogP contribution in [0.1, 0.15) is 5.69 Å². The molecule has 0 aliphatic heterocycles. The quantitative estimate of drug-likeness (QED) is 0.816. The van der Waals surface area contributed by atoms with Crippen molar-refractivity contribution < 1.29 is 8.78 Å². The van der Waals surface area contributed by atoms with Gasteiger partial charge < -0.3 is 10.3 Å². The smallest absolute Gasteiger partial charge is 0.160 e. The minimum absolute atomic E-state index is 0.316. The van der Waals surface area contributed by atoms with Crippen molar-refractivity contribution in [3.05, 3.63) is 48.1 Å². The highest BCUT2D eigenvalue weighted by Crippen LogP contribution is 2.13. The summed E-state index contributed by atoms with van der Waals surface area (Å²) < 4.78 is 27.2. The molecule has 1 heterocycles. The van der Waals surface area contributed by atoms with Crippen molar-refractivity contribution in [1.82, 2.24) is 9.55 Å². The lowest BCUT2D eigenvalue weighted by Gasteiger charge is -2.01. The maximum atomic E-state index is 12.9. The fourth-order valence-corrected chi connectivity index (χ4v) is 1.26. The molecule has 1 aromatic carbocycles. The third-order valence-corrected chi connectivity index (χ3v) is 2.05. The first kappa shape index (κ1) is 9.79. The molecule has 2 rings (SSSR count). The second-order valence-corrected chi connectivity index (χ2v) is 3.07. The molecule has 0 saturated heterocycles. The lowest BCUT2D eigenvalue weighted by Crippen LogP contribution is -1.96. The predicted octanol–water partition coefficient (Wildman–Crippen LogP) is 1.61.